The number of nitrogens with one attached hydrogen (secondary N) is 3. The maximum Gasteiger partial charge on any atom is 0.326 e. The molecule has 0 spiro atoms. The smallest absolute Gasteiger partial charge is 0.326 e. The molecular weight excluding hydrogens is 314 g/mol. The van der Waals surface area contributed by atoms with Gasteiger partial charge in [-0.15, -0.1) is 11.3 Å². The minimum absolute atomic E-state index is 0.0360. The minimum Gasteiger partial charge on any atom is -0.348 e. The van der Waals surface area contributed by atoms with Crippen molar-refractivity contribution in [1.29, 1.82) is 0 Å². The molecule has 23 heavy (non-hydrogen) atoms. The van der Waals surface area contributed by atoms with Crippen LogP contribution in [0.2, 0.25) is 0 Å². The summed E-state index contributed by atoms with van der Waals surface area (Å²) in [5, 5.41) is 7.43. The Morgan fingerprint density at radius 2 is 1.87 bits per heavy atom. The molecule has 4 amide bonds. The molecular formula is C16H11N3O3S. The highest BCUT2D eigenvalue weighted by Gasteiger charge is 2.23. The maximum atomic E-state index is 11.6. The van der Waals surface area contributed by atoms with Gasteiger partial charge in [0.15, 0.2) is 0 Å². The fraction of sp³-hybridized carbons (Fsp3) is 0.0625. The molecule has 3 N–H and O–H groups in total. The van der Waals surface area contributed by atoms with Crippen molar-refractivity contribution < 1.29 is 14.4 Å². The lowest BCUT2D eigenvalue weighted by Crippen LogP contribution is -2.22. The van der Waals surface area contributed by atoms with Crippen molar-refractivity contribution in [2.45, 2.75) is 6.54 Å². The van der Waals surface area contributed by atoms with E-state index >= 15 is 0 Å². The number of imide groups is 1. The number of urea groups is 1. The number of hydrogen-bond donors (Lipinski definition) is 3. The molecule has 0 radical (unpaired) electrons. The predicted octanol–water partition coefficient (Wildman–Crippen LogP) is 1.84. The highest BCUT2D eigenvalue weighted by Crippen LogP contribution is 2.31. The zero-order chi connectivity index (χ0) is 16.0. The molecule has 1 saturated heterocycles. The molecule has 0 bridgehead atoms. The third-order valence-electron chi connectivity index (χ3n) is 3.71. The fourth-order valence-electron chi connectivity index (χ4n) is 2.60. The number of amides is 4. The third-order valence-corrected chi connectivity index (χ3v) is 4.79. The summed E-state index contributed by atoms with van der Waals surface area (Å²) in [4.78, 5) is 36.1. The van der Waals surface area contributed by atoms with Crippen LogP contribution >= 0.6 is 11.3 Å². The van der Waals surface area contributed by atoms with Gasteiger partial charge in [-0.3, -0.25) is 14.9 Å². The SMILES string of the molecule is O=C1NC(=O)/C(=C/c2ccc(-c3ccc4c(c3)CNC4=O)s2)N1. The van der Waals surface area contributed by atoms with Crippen LogP contribution in [-0.4, -0.2) is 17.8 Å². The van der Waals surface area contributed by atoms with E-state index in [0.29, 0.717) is 6.54 Å². The highest BCUT2D eigenvalue weighted by atomic mass is 32.1. The van der Waals surface area contributed by atoms with Gasteiger partial charge < -0.3 is 10.6 Å². The van der Waals surface area contributed by atoms with Gasteiger partial charge in [0.1, 0.15) is 5.70 Å². The topological polar surface area (TPSA) is 87.3 Å². The molecule has 6 nitrogen and oxygen atoms in total. The zero-order valence-corrected chi connectivity index (χ0v) is 12.6. The van der Waals surface area contributed by atoms with Crippen LogP contribution in [-0.2, 0) is 11.3 Å². The van der Waals surface area contributed by atoms with Gasteiger partial charge in [-0.25, -0.2) is 4.79 Å². The van der Waals surface area contributed by atoms with Crippen LogP contribution in [0.25, 0.3) is 16.5 Å². The summed E-state index contributed by atoms with van der Waals surface area (Å²) in [6.07, 6.45) is 1.65. The molecule has 7 heteroatoms. The molecule has 3 heterocycles. The maximum absolute atomic E-state index is 11.6. The molecule has 2 aliphatic heterocycles. The van der Waals surface area contributed by atoms with Crippen molar-refractivity contribution in [1.82, 2.24) is 16.0 Å². The van der Waals surface area contributed by atoms with Crippen molar-refractivity contribution in [2.75, 3.05) is 0 Å². The summed E-state index contributed by atoms with van der Waals surface area (Å²) in [6.45, 7) is 0.552. The number of benzene rings is 1. The predicted molar refractivity (Wildman–Crippen MR) is 85.6 cm³/mol. The Balaban J connectivity index is 1.64. The van der Waals surface area contributed by atoms with E-state index in [1.165, 1.54) is 11.3 Å². The van der Waals surface area contributed by atoms with Gasteiger partial charge in [0, 0.05) is 21.9 Å². The quantitative estimate of drug-likeness (QED) is 0.581. The average molecular weight is 325 g/mol. The highest BCUT2D eigenvalue weighted by molar-refractivity contribution is 7.16. The van der Waals surface area contributed by atoms with Crippen LogP contribution in [0.4, 0.5) is 4.79 Å². The first-order chi connectivity index (χ1) is 11.1. The summed E-state index contributed by atoms with van der Waals surface area (Å²) < 4.78 is 0. The van der Waals surface area contributed by atoms with E-state index in [-0.39, 0.29) is 11.6 Å². The standard InChI is InChI=1S/C16H11N3O3S/c20-14-11-3-1-8(5-9(11)7-17-14)13-4-2-10(23-13)6-12-15(21)19-16(22)18-12/h1-6H,7H2,(H,17,20)(H2,18,19,21,22)/b12-6-. The van der Waals surface area contributed by atoms with E-state index in [9.17, 15) is 14.4 Å². The van der Waals surface area contributed by atoms with E-state index < -0.39 is 11.9 Å². The van der Waals surface area contributed by atoms with Gasteiger partial charge in [-0.05, 0) is 41.5 Å². The van der Waals surface area contributed by atoms with Crippen molar-refractivity contribution >= 4 is 35.3 Å². The fourth-order valence-corrected chi connectivity index (χ4v) is 3.54. The second-order valence-electron chi connectivity index (χ2n) is 5.22. The molecule has 114 valence electrons. The van der Waals surface area contributed by atoms with Crippen LogP contribution in [0.15, 0.2) is 36.0 Å². The van der Waals surface area contributed by atoms with E-state index in [4.69, 9.17) is 0 Å². The molecule has 2 aliphatic rings. The number of fused-ring (bicyclic) bond motifs is 1. The van der Waals surface area contributed by atoms with Crippen LogP contribution in [0, 0.1) is 0 Å². The number of hydrogen-bond acceptors (Lipinski definition) is 4. The lowest BCUT2D eigenvalue weighted by molar-refractivity contribution is -0.115. The monoisotopic (exact) mass is 325 g/mol. The van der Waals surface area contributed by atoms with Gasteiger partial charge in [0.25, 0.3) is 11.8 Å². The van der Waals surface area contributed by atoms with Crippen molar-refractivity contribution in [3.63, 3.8) is 0 Å². The van der Waals surface area contributed by atoms with Crippen molar-refractivity contribution in [3.05, 3.63) is 52.0 Å². The Labute approximate surface area is 135 Å². The van der Waals surface area contributed by atoms with Crippen LogP contribution in [0.5, 0.6) is 0 Å². The molecule has 0 saturated carbocycles. The lowest BCUT2D eigenvalue weighted by Gasteiger charge is -2.00. The Bertz CT molecular complexity index is 898. The van der Waals surface area contributed by atoms with Crippen molar-refractivity contribution in [3.8, 4) is 10.4 Å². The van der Waals surface area contributed by atoms with Gasteiger partial charge in [-0.2, -0.15) is 0 Å². The molecule has 1 aromatic heterocycles. The first-order valence-electron chi connectivity index (χ1n) is 6.95. The number of carbonyl (C=O) groups excluding carboxylic acids is 3. The molecule has 0 unspecified atom stereocenters. The van der Waals surface area contributed by atoms with E-state index in [2.05, 4.69) is 16.0 Å². The Kier molecular flexibility index (Phi) is 3.02. The number of thiophene rings is 1. The van der Waals surface area contributed by atoms with Gasteiger partial charge in [0.2, 0.25) is 0 Å². The summed E-state index contributed by atoms with van der Waals surface area (Å²) in [5.74, 6) is -0.460. The number of rotatable bonds is 2. The van der Waals surface area contributed by atoms with Gasteiger partial charge >= 0.3 is 6.03 Å². The van der Waals surface area contributed by atoms with Crippen molar-refractivity contribution in [2.24, 2.45) is 0 Å². The zero-order valence-electron chi connectivity index (χ0n) is 11.8. The Hall–Kier alpha value is -2.93. The molecule has 2 aromatic rings. The van der Waals surface area contributed by atoms with Crippen LogP contribution in [0.3, 0.4) is 0 Å². The number of carbonyl (C=O) groups is 3. The molecule has 0 aliphatic carbocycles. The first-order valence-corrected chi connectivity index (χ1v) is 7.77. The molecule has 0 atom stereocenters. The van der Waals surface area contributed by atoms with Gasteiger partial charge in [0.05, 0.1) is 0 Å². The van der Waals surface area contributed by atoms with Gasteiger partial charge in [-0.1, -0.05) is 6.07 Å². The summed E-state index contributed by atoms with van der Waals surface area (Å²) in [5.41, 5.74) is 2.98. The third kappa shape index (κ3) is 2.40. The summed E-state index contributed by atoms with van der Waals surface area (Å²) in [7, 11) is 0. The largest absolute Gasteiger partial charge is 0.348 e. The first kappa shape index (κ1) is 13.7. The van der Waals surface area contributed by atoms with E-state index in [0.717, 1.165) is 26.4 Å². The Morgan fingerprint density at radius 1 is 1.00 bits per heavy atom. The molecule has 4 rings (SSSR count). The molecule has 1 aromatic carbocycles. The average Bonchev–Trinajstić information content (AvgIpc) is 3.21. The second-order valence-corrected chi connectivity index (χ2v) is 6.34. The summed E-state index contributed by atoms with van der Waals surface area (Å²) in [6, 6.07) is 9.08. The Morgan fingerprint density at radius 3 is 2.65 bits per heavy atom. The second kappa shape index (κ2) is 5.06. The van der Waals surface area contributed by atoms with E-state index in [1.54, 1.807) is 6.08 Å². The van der Waals surface area contributed by atoms with Crippen LogP contribution in [0.1, 0.15) is 20.8 Å². The normalized spacial score (nSPS) is 17.9. The minimum atomic E-state index is -0.506. The molecule has 1 fully saturated rings. The van der Waals surface area contributed by atoms with E-state index in [1.807, 2.05) is 30.3 Å². The lowest BCUT2D eigenvalue weighted by atomic mass is 10.1. The van der Waals surface area contributed by atoms with Crippen LogP contribution < -0.4 is 16.0 Å². The summed E-state index contributed by atoms with van der Waals surface area (Å²) >= 11 is 1.51.